The van der Waals surface area contributed by atoms with Crippen LogP contribution >= 0.6 is 11.6 Å². The molecule has 8 nitrogen and oxygen atoms in total. The van der Waals surface area contributed by atoms with E-state index in [0.29, 0.717) is 48.1 Å². The Morgan fingerprint density at radius 2 is 2.11 bits per heavy atom. The number of hydrogen-bond acceptors (Lipinski definition) is 7. The van der Waals surface area contributed by atoms with Gasteiger partial charge in [-0.1, -0.05) is 35.0 Å². The number of rotatable bonds is 5. The summed E-state index contributed by atoms with van der Waals surface area (Å²) in [5.74, 6) is 0.637. The average molecular weight is 389 g/mol. The highest BCUT2D eigenvalue weighted by molar-refractivity contribution is 6.31. The number of ether oxygens (including phenoxy) is 1. The van der Waals surface area contributed by atoms with Crippen molar-refractivity contribution in [2.75, 3.05) is 18.0 Å². The molecule has 1 unspecified atom stereocenters. The summed E-state index contributed by atoms with van der Waals surface area (Å²) in [6, 6.07) is 7.88. The lowest BCUT2D eigenvalue weighted by Gasteiger charge is -2.18. The Bertz CT molecular complexity index is 960. The van der Waals surface area contributed by atoms with E-state index in [1.807, 2.05) is 43.0 Å². The second-order valence-electron chi connectivity index (χ2n) is 6.90. The third-order valence-corrected chi connectivity index (χ3v) is 4.77. The van der Waals surface area contributed by atoms with E-state index in [1.165, 1.54) is 0 Å². The molecule has 0 amide bonds. The van der Waals surface area contributed by atoms with Crippen LogP contribution in [0, 0.1) is 0 Å². The van der Waals surface area contributed by atoms with Gasteiger partial charge in [-0.3, -0.25) is 0 Å². The predicted molar refractivity (Wildman–Crippen MR) is 102 cm³/mol. The summed E-state index contributed by atoms with van der Waals surface area (Å²) in [6.07, 6.45) is 0.259. The van der Waals surface area contributed by atoms with Gasteiger partial charge < -0.3 is 14.7 Å². The third-order valence-electron chi connectivity index (χ3n) is 4.41. The Morgan fingerprint density at radius 1 is 1.30 bits per heavy atom. The molecule has 4 rings (SSSR count). The predicted octanol–water partition coefficient (Wildman–Crippen LogP) is 2.28. The highest BCUT2D eigenvalue weighted by Gasteiger charge is 2.26. The van der Waals surface area contributed by atoms with Crippen LogP contribution in [0.2, 0.25) is 5.02 Å². The van der Waals surface area contributed by atoms with Crippen LogP contribution in [0.25, 0.3) is 11.2 Å². The van der Waals surface area contributed by atoms with Gasteiger partial charge in [0.05, 0.1) is 18.8 Å². The Hall–Kier alpha value is -2.45. The lowest BCUT2D eigenvalue weighted by molar-refractivity contribution is 0.198. The number of hydrogen-bond donors (Lipinski definition) is 1. The fourth-order valence-corrected chi connectivity index (χ4v) is 3.33. The largest absolute Gasteiger partial charge is 0.461 e. The molecule has 1 aromatic carbocycles. The lowest BCUT2D eigenvalue weighted by Crippen LogP contribution is -2.23. The quantitative estimate of drug-likeness (QED) is 0.717. The molecule has 3 heterocycles. The van der Waals surface area contributed by atoms with Crippen molar-refractivity contribution < 1.29 is 9.84 Å². The molecule has 2 aromatic heterocycles. The van der Waals surface area contributed by atoms with Crippen LogP contribution in [0.5, 0.6) is 6.01 Å². The van der Waals surface area contributed by atoms with Crippen molar-refractivity contribution >= 4 is 28.6 Å². The number of aliphatic hydroxyl groups is 1. The molecule has 1 fully saturated rings. The summed E-state index contributed by atoms with van der Waals surface area (Å²) in [7, 11) is 0. The molecule has 1 atom stereocenters. The summed E-state index contributed by atoms with van der Waals surface area (Å²) in [4.78, 5) is 11.1. The molecule has 27 heavy (non-hydrogen) atoms. The van der Waals surface area contributed by atoms with Crippen LogP contribution in [-0.4, -0.2) is 55.4 Å². The first kappa shape index (κ1) is 17.9. The Labute approximate surface area is 161 Å². The van der Waals surface area contributed by atoms with Gasteiger partial charge in [-0.2, -0.15) is 9.97 Å². The first-order valence-corrected chi connectivity index (χ1v) is 9.33. The van der Waals surface area contributed by atoms with E-state index in [1.54, 1.807) is 4.68 Å². The summed E-state index contributed by atoms with van der Waals surface area (Å²) in [5.41, 5.74) is 2.10. The number of halogens is 1. The maximum absolute atomic E-state index is 9.91. The van der Waals surface area contributed by atoms with Crippen molar-refractivity contribution in [3.63, 3.8) is 0 Å². The molecule has 142 valence electrons. The molecule has 1 saturated heterocycles. The fourth-order valence-electron chi connectivity index (χ4n) is 3.14. The van der Waals surface area contributed by atoms with Gasteiger partial charge in [-0.15, -0.1) is 5.10 Å². The second-order valence-corrected chi connectivity index (χ2v) is 7.30. The lowest BCUT2D eigenvalue weighted by atomic mass is 10.2. The smallest absolute Gasteiger partial charge is 0.320 e. The van der Waals surface area contributed by atoms with Crippen molar-refractivity contribution in [2.45, 2.75) is 39.0 Å². The van der Waals surface area contributed by atoms with Gasteiger partial charge >= 0.3 is 6.01 Å². The number of benzene rings is 1. The maximum Gasteiger partial charge on any atom is 0.320 e. The highest BCUT2D eigenvalue weighted by atomic mass is 35.5. The maximum atomic E-state index is 9.91. The minimum Gasteiger partial charge on any atom is -0.461 e. The number of anilines is 1. The summed E-state index contributed by atoms with van der Waals surface area (Å²) >= 11 is 6.29. The normalized spacial score (nSPS) is 17.2. The SMILES string of the molecule is CC(C)Oc1nc(N2CCC(O)C2)c2nnn(Cc3ccccc3Cl)c2n1. The fraction of sp³-hybridized carbons (Fsp3) is 0.444. The molecule has 0 bridgehead atoms. The zero-order chi connectivity index (χ0) is 19.0. The van der Waals surface area contributed by atoms with Crippen LogP contribution in [0.4, 0.5) is 5.82 Å². The number of nitrogens with zero attached hydrogens (tertiary/aromatic N) is 6. The molecule has 0 saturated carbocycles. The standard InChI is InChI=1S/C18H21ClN6O2/c1-11(2)27-18-20-16(24-8-7-13(26)10-24)15-17(21-18)25(23-22-15)9-12-5-3-4-6-14(12)19/h3-6,11,13,26H,7-10H2,1-2H3. The van der Waals surface area contributed by atoms with Crippen molar-refractivity contribution in [2.24, 2.45) is 0 Å². The molecular weight excluding hydrogens is 368 g/mol. The van der Waals surface area contributed by atoms with Gasteiger partial charge in [0.2, 0.25) is 0 Å². The molecule has 1 aliphatic rings. The second kappa shape index (κ2) is 7.28. The number of β-amino-alcohol motifs (C(OH)–C–C–N with tert-alkyl or cyclic N) is 1. The van der Waals surface area contributed by atoms with E-state index in [2.05, 4.69) is 20.3 Å². The molecule has 1 N–H and O–H groups in total. The van der Waals surface area contributed by atoms with Crippen LogP contribution in [0.1, 0.15) is 25.8 Å². The first-order valence-electron chi connectivity index (χ1n) is 8.95. The Kier molecular flexibility index (Phi) is 4.84. The average Bonchev–Trinajstić information content (AvgIpc) is 3.22. The number of aromatic nitrogens is 5. The monoisotopic (exact) mass is 388 g/mol. The topological polar surface area (TPSA) is 89.2 Å². The van der Waals surface area contributed by atoms with Crippen molar-refractivity contribution in [3.05, 3.63) is 34.9 Å². The van der Waals surface area contributed by atoms with Crippen LogP contribution in [-0.2, 0) is 6.54 Å². The van der Waals surface area contributed by atoms with E-state index >= 15 is 0 Å². The Balaban J connectivity index is 1.78. The molecule has 0 radical (unpaired) electrons. The Morgan fingerprint density at radius 3 is 2.81 bits per heavy atom. The first-order chi connectivity index (χ1) is 13.0. The zero-order valence-corrected chi connectivity index (χ0v) is 16.0. The van der Waals surface area contributed by atoms with E-state index in [-0.39, 0.29) is 18.2 Å². The van der Waals surface area contributed by atoms with Gasteiger partial charge in [-0.25, -0.2) is 4.68 Å². The summed E-state index contributed by atoms with van der Waals surface area (Å²) in [5, 5.41) is 19.1. The molecule has 0 aliphatic carbocycles. The van der Waals surface area contributed by atoms with Gasteiger partial charge in [0.15, 0.2) is 17.0 Å². The zero-order valence-electron chi connectivity index (χ0n) is 15.2. The van der Waals surface area contributed by atoms with Crippen LogP contribution in [0.15, 0.2) is 24.3 Å². The van der Waals surface area contributed by atoms with E-state index in [4.69, 9.17) is 16.3 Å². The van der Waals surface area contributed by atoms with Gasteiger partial charge in [-0.05, 0) is 31.9 Å². The van der Waals surface area contributed by atoms with E-state index in [9.17, 15) is 5.11 Å². The van der Waals surface area contributed by atoms with Crippen LogP contribution < -0.4 is 9.64 Å². The molecule has 3 aromatic rings. The van der Waals surface area contributed by atoms with Gasteiger partial charge in [0.25, 0.3) is 0 Å². The van der Waals surface area contributed by atoms with Gasteiger partial charge in [0.1, 0.15) is 0 Å². The minimum atomic E-state index is -0.373. The number of fused-ring (bicyclic) bond motifs is 1. The van der Waals surface area contributed by atoms with Crippen LogP contribution in [0.3, 0.4) is 0 Å². The minimum absolute atomic E-state index is 0.0626. The van der Waals surface area contributed by atoms with Crippen molar-refractivity contribution in [3.8, 4) is 6.01 Å². The third kappa shape index (κ3) is 3.68. The number of aliphatic hydroxyl groups excluding tert-OH is 1. The van der Waals surface area contributed by atoms with E-state index in [0.717, 1.165) is 5.56 Å². The highest BCUT2D eigenvalue weighted by Crippen LogP contribution is 2.28. The van der Waals surface area contributed by atoms with E-state index < -0.39 is 0 Å². The summed E-state index contributed by atoms with van der Waals surface area (Å²) in [6.45, 7) is 5.49. The molecule has 0 spiro atoms. The van der Waals surface area contributed by atoms with Gasteiger partial charge in [0, 0.05) is 18.1 Å². The molecule has 1 aliphatic heterocycles. The van der Waals surface area contributed by atoms with Crippen molar-refractivity contribution in [1.82, 2.24) is 25.0 Å². The summed E-state index contributed by atoms with van der Waals surface area (Å²) < 4.78 is 7.44. The molecular formula is C18H21ClN6O2. The molecule has 9 heteroatoms. The van der Waals surface area contributed by atoms with Crippen molar-refractivity contribution in [1.29, 1.82) is 0 Å².